The van der Waals surface area contributed by atoms with Crippen LogP contribution in [0.2, 0.25) is 0 Å². The molecular formula is C10H11F3N2O4. The Hall–Kier alpha value is -2.03. The largest absolute Gasteiger partial charge is 0.478 e. The van der Waals surface area contributed by atoms with Gasteiger partial charge in [-0.15, -0.1) is 0 Å². The Morgan fingerprint density at radius 2 is 2.11 bits per heavy atom. The fraction of sp³-hybridized carbons (Fsp3) is 0.400. The molecule has 0 spiro atoms. The molecule has 9 heteroatoms. The number of carboxylic acid groups (broad SMARTS) is 1. The van der Waals surface area contributed by atoms with Crippen molar-refractivity contribution in [3.8, 4) is 0 Å². The average Bonchev–Trinajstić information content (AvgIpc) is 2.57. The normalized spacial score (nSPS) is 11.4. The summed E-state index contributed by atoms with van der Waals surface area (Å²) in [7, 11) is 0. The van der Waals surface area contributed by atoms with Gasteiger partial charge in [0.15, 0.2) is 0 Å². The summed E-state index contributed by atoms with van der Waals surface area (Å²) in [4.78, 5) is 24.7. The van der Waals surface area contributed by atoms with Crippen molar-refractivity contribution in [1.82, 2.24) is 4.98 Å². The van der Waals surface area contributed by atoms with E-state index in [0.29, 0.717) is 5.69 Å². The number of alkyl halides is 3. The van der Waals surface area contributed by atoms with Gasteiger partial charge in [0.2, 0.25) is 5.91 Å². The van der Waals surface area contributed by atoms with Crippen molar-refractivity contribution in [1.29, 1.82) is 0 Å². The zero-order valence-corrected chi connectivity index (χ0v) is 9.80. The zero-order valence-electron chi connectivity index (χ0n) is 9.80. The lowest BCUT2D eigenvalue weighted by molar-refractivity contribution is -0.174. The fourth-order valence-electron chi connectivity index (χ4n) is 1.35. The lowest BCUT2D eigenvalue weighted by Gasteiger charge is -2.08. The molecule has 0 bridgehead atoms. The highest BCUT2D eigenvalue weighted by Crippen LogP contribution is 2.19. The predicted octanol–water partition coefficient (Wildman–Crippen LogP) is 1.54. The van der Waals surface area contributed by atoms with Gasteiger partial charge in [-0.05, 0) is 6.92 Å². The summed E-state index contributed by atoms with van der Waals surface area (Å²) in [5, 5.41) is 11.0. The van der Waals surface area contributed by atoms with E-state index in [1.54, 1.807) is 0 Å². The molecule has 0 aliphatic heterocycles. The summed E-state index contributed by atoms with van der Waals surface area (Å²) < 4.78 is 39.4. The van der Waals surface area contributed by atoms with E-state index in [-0.39, 0.29) is 11.3 Å². The van der Waals surface area contributed by atoms with Crippen LogP contribution in [0.15, 0.2) is 6.20 Å². The summed E-state index contributed by atoms with van der Waals surface area (Å²) in [5.74, 6) is -2.13. The number of hydrogen-bond donors (Lipinski definition) is 3. The molecule has 0 radical (unpaired) electrons. The van der Waals surface area contributed by atoms with Gasteiger partial charge in [-0.25, -0.2) is 4.79 Å². The first kappa shape index (κ1) is 15.0. The van der Waals surface area contributed by atoms with E-state index in [0.717, 1.165) is 0 Å². The number of aromatic amines is 1. The van der Waals surface area contributed by atoms with Crippen LogP contribution in [0.4, 0.5) is 18.9 Å². The summed E-state index contributed by atoms with van der Waals surface area (Å²) in [6.07, 6.45) is -3.28. The van der Waals surface area contributed by atoms with E-state index in [1.165, 1.54) is 13.1 Å². The molecule has 19 heavy (non-hydrogen) atoms. The topological polar surface area (TPSA) is 91.4 Å². The number of hydrogen-bond acceptors (Lipinski definition) is 3. The van der Waals surface area contributed by atoms with E-state index in [4.69, 9.17) is 5.11 Å². The van der Waals surface area contributed by atoms with Gasteiger partial charge in [-0.1, -0.05) is 0 Å². The van der Waals surface area contributed by atoms with E-state index < -0.39 is 31.3 Å². The van der Waals surface area contributed by atoms with Gasteiger partial charge < -0.3 is 20.1 Å². The minimum Gasteiger partial charge on any atom is -0.478 e. The van der Waals surface area contributed by atoms with Crippen LogP contribution in [0.25, 0.3) is 0 Å². The maximum absolute atomic E-state index is 11.8. The molecule has 6 nitrogen and oxygen atoms in total. The molecule has 1 aromatic heterocycles. The minimum atomic E-state index is -4.52. The van der Waals surface area contributed by atoms with E-state index >= 15 is 0 Å². The minimum absolute atomic E-state index is 0.0226. The molecule has 0 aromatic carbocycles. The highest BCUT2D eigenvalue weighted by Gasteiger charge is 2.28. The molecule has 0 fully saturated rings. The summed E-state index contributed by atoms with van der Waals surface area (Å²) in [6.45, 7) is -0.875. The molecule has 0 aliphatic rings. The smallest absolute Gasteiger partial charge is 0.411 e. The number of carbonyl (C=O) groups excluding carboxylic acids is 1. The van der Waals surface area contributed by atoms with Crippen molar-refractivity contribution in [3.05, 3.63) is 17.5 Å². The standard InChI is InChI=1S/C10H11F3N2O4/c1-5-8(9(17)18)6(2-14-5)15-7(16)3-19-4-10(11,12)13/h2,14H,3-4H2,1H3,(H,15,16)(H,17,18). The van der Waals surface area contributed by atoms with Gasteiger partial charge in [0, 0.05) is 11.9 Å². The van der Waals surface area contributed by atoms with Crippen LogP contribution in [0.3, 0.4) is 0 Å². The summed E-state index contributed by atoms with van der Waals surface area (Å²) in [6, 6.07) is 0. The second kappa shape index (κ2) is 5.74. The number of halogens is 3. The van der Waals surface area contributed by atoms with E-state index in [2.05, 4.69) is 15.0 Å². The number of aryl methyl sites for hydroxylation is 1. The highest BCUT2D eigenvalue weighted by molar-refractivity contribution is 6.01. The maximum Gasteiger partial charge on any atom is 0.411 e. The molecule has 1 heterocycles. The summed E-state index contributed by atoms with van der Waals surface area (Å²) >= 11 is 0. The molecule has 0 atom stereocenters. The third-order valence-electron chi connectivity index (χ3n) is 2.06. The Morgan fingerprint density at radius 3 is 2.63 bits per heavy atom. The number of carbonyl (C=O) groups is 2. The number of ether oxygens (including phenoxy) is 1. The number of aromatic nitrogens is 1. The van der Waals surface area contributed by atoms with Crippen LogP contribution in [0.5, 0.6) is 0 Å². The SMILES string of the molecule is Cc1[nH]cc(NC(=O)COCC(F)(F)F)c1C(=O)O. The second-order valence-corrected chi connectivity index (χ2v) is 3.66. The quantitative estimate of drug-likeness (QED) is 0.763. The van der Waals surface area contributed by atoms with Crippen molar-refractivity contribution in [2.24, 2.45) is 0 Å². The Bertz CT molecular complexity index is 482. The number of carboxylic acids is 1. The van der Waals surface area contributed by atoms with Crippen LogP contribution in [-0.2, 0) is 9.53 Å². The first-order valence-corrected chi connectivity index (χ1v) is 5.06. The van der Waals surface area contributed by atoms with Crippen molar-refractivity contribution < 1.29 is 32.6 Å². The Labute approximate surface area is 105 Å². The molecule has 0 saturated carbocycles. The number of H-pyrrole nitrogens is 1. The lowest BCUT2D eigenvalue weighted by Crippen LogP contribution is -2.24. The van der Waals surface area contributed by atoms with E-state index in [1.807, 2.05) is 0 Å². The molecule has 0 aliphatic carbocycles. The van der Waals surface area contributed by atoms with Gasteiger partial charge in [0.05, 0.1) is 5.69 Å². The molecule has 0 unspecified atom stereocenters. The fourth-order valence-corrected chi connectivity index (χ4v) is 1.35. The first-order chi connectivity index (χ1) is 8.70. The number of aromatic carboxylic acids is 1. The molecular weight excluding hydrogens is 269 g/mol. The molecule has 0 saturated heterocycles. The Kier molecular flexibility index (Phi) is 4.54. The monoisotopic (exact) mass is 280 g/mol. The van der Waals surface area contributed by atoms with Crippen molar-refractivity contribution in [2.45, 2.75) is 13.1 Å². The van der Waals surface area contributed by atoms with Crippen LogP contribution < -0.4 is 5.32 Å². The number of nitrogens with one attached hydrogen (secondary N) is 2. The van der Waals surface area contributed by atoms with Crippen molar-refractivity contribution in [3.63, 3.8) is 0 Å². The average molecular weight is 280 g/mol. The summed E-state index contributed by atoms with van der Waals surface area (Å²) in [5.41, 5.74) is 0.147. The van der Waals surface area contributed by atoms with Crippen LogP contribution in [-0.4, -0.2) is 41.4 Å². The molecule has 1 aromatic rings. The third kappa shape index (κ3) is 4.62. The van der Waals surface area contributed by atoms with Crippen molar-refractivity contribution >= 4 is 17.6 Å². The molecule has 106 valence electrons. The Balaban J connectivity index is 2.56. The van der Waals surface area contributed by atoms with Crippen LogP contribution >= 0.6 is 0 Å². The van der Waals surface area contributed by atoms with Crippen LogP contribution in [0, 0.1) is 6.92 Å². The van der Waals surface area contributed by atoms with Gasteiger partial charge in [0.1, 0.15) is 18.8 Å². The van der Waals surface area contributed by atoms with Gasteiger partial charge in [0.25, 0.3) is 0 Å². The highest BCUT2D eigenvalue weighted by atomic mass is 19.4. The predicted molar refractivity (Wildman–Crippen MR) is 58.0 cm³/mol. The molecule has 1 amide bonds. The molecule has 3 N–H and O–H groups in total. The van der Waals surface area contributed by atoms with Gasteiger partial charge >= 0.3 is 12.1 Å². The molecule has 1 rings (SSSR count). The lowest BCUT2D eigenvalue weighted by atomic mass is 10.2. The number of anilines is 1. The van der Waals surface area contributed by atoms with Crippen molar-refractivity contribution in [2.75, 3.05) is 18.5 Å². The second-order valence-electron chi connectivity index (χ2n) is 3.66. The number of amides is 1. The maximum atomic E-state index is 11.8. The van der Waals surface area contributed by atoms with Gasteiger partial charge in [-0.2, -0.15) is 13.2 Å². The Morgan fingerprint density at radius 1 is 1.47 bits per heavy atom. The number of rotatable bonds is 5. The third-order valence-corrected chi connectivity index (χ3v) is 2.06. The van der Waals surface area contributed by atoms with Crippen LogP contribution in [0.1, 0.15) is 16.1 Å². The van der Waals surface area contributed by atoms with Gasteiger partial charge in [-0.3, -0.25) is 4.79 Å². The zero-order chi connectivity index (χ0) is 14.6. The van der Waals surface area contributed by atoms with E-state index in [9.17, 15) is 22.8 Å². The first-order valence-electron chi connectivity index (χ1n) is 5.06.